The van der Waals surface area contributed by atoms with Crippen LogP contribution in [-0.4, -0.2) is 20.9 Å². The summed E-state index contributed by atoms with van der Waals surface area (Å²) in [5, 5.41) is 3.00. The second kappa shape index (κ2) is 6.43. The maximum Gasteiger partial charge on any atom is 0.261 e. The Bertz CT molecular complexity index is 870. The van der Waals surface area contributed by atoms with Gasteiger partial charge in [-0.3, -0.25) is 9.59 Å². The molecular weight excluding hydrogens is 316 g/mol. The SMILES string of the molecule is Cc1ccnc([C@H](NC(=O)c2cc3c([nH]c2=O)CCCC3)C2CC2)n1. The van der Waals surface area contributed by atoms with Crippen molar-refractivity contribution < 1.29 is 4.79 Å². The fraction of sp³-hybridized carbons (Fsp3) is 0.474. The molecule has 1 amide bonds. The average Bonchev–Trinajstić information content (AvgIpc) is 3.43. The largest absolute Gasteiger partial charge is 0.342 e. The predicted octanol–water partition coefficient (Wildman–Crippen LogP) is 2.23. The Morgan fingerprint density at radius 1 is 1.32 bits per heavy atom. The van der Waals surface area contributed by atoms with Crippen molar-refractivity contribution in [2.45, 2.75) is 51.5 Å². The number of carbonyl (C=O) groups is 1. The minimum atomic E-state index is -0.336. The minimum absolute atomic E-state index is 0.193. The average molecular weight is 338 g/mol. The third-order valence-electron chi connectivity index (χ3n) is 5.05. The summed E-state index contributed by atoms with van der Waals surface area (Å²) in [5.74, 6) is 0.643. The first-order valence-electron chi connectivity index (χ1n) is 8.97. The van der Waals surface area contributed by atoms with Gasteiger partial charge in [-0.25, -0.2) is 9.97 Å². The van der Waals surface area contributed by atoms with Gasteiger partial charge in [-0.15, -0.1) is 0 Å². The summed E-state index contributed by atoms with van der Waals surface area (Å²) in [6.07, 6.45) is 7.79. The van der Waals surface area contributed by atoms with Crippen molar-refractivity contribution in [2.24, 2.45) is 5.92 Å². The van der Waals surface area contributed by atoms with Crippen LogP contribution < -0.4 is 10.9 Å². The highest BCUT2D eigenvalue weighted by molar-refractivity contribution is 5.94. The number of H-pyrrole nitrogens is 1. The van der Waals surface area contributed by atoms with E-state index in [9.17, 15) is 9.59 Å². The first-order chi connectivity index (χ1) is 12.1. The van der Waals surface area contributed by atoms with Gasteiger partial charge in [-0.2, -0.15) is 0 Å². The predicted molar refractivity (Wildman–Crippen MR) is 93.4 cm³/mol. The van der Waals surface area contributed by atoms with Crippen LogP contribution in [0.15, 0.2) is 23.1 Å². The fourth-order valence-corrected chi connectivity index (χ4v) is 3.50. The number of hydrogen-bond donors (Lipinski definition) is 2. The Labute approximate surface area is 146 Å². The number of rotatable bonds is 4. The van der Waals surface area contributed by atoms with Crippen LogP contribution in [0, 0.1) is 12.8 Å². The Hall–Kier alpha value is -2.50. The smallest absolute Gasteiger partial charge is 0.261 e. The molecule has 2 aromatic heterocycles. The van der Waals surface area contributed by atoms with Crippen molar-refractivity contribution in [1.29, 1.82) is 0 Å². The van der Waals surface area contributed by atoms with Crippen LogP contribution in [0.3, 0.4) is 0 Å². The van der Waals surface area contributed by atoms with Crippen molar-refractivity contribution in [2.75, 3.05) is 0 Å². The number of nitrogens with zero attached hydrogens (tertiary/aromatic N) is 2. The number of aromatic nitrogens is 3. The summed E-state index contributed by atoms with van der Waals surface area (Å²) in [4.78, 5) is 36.8. The van der Waals surface area contributed by atoms with Crippen molar-refractivity contribution >= 4 is 5.91 Å². The number of fused-ring (bicyclic) bond motifs is 1. The van der Waals surface area contributed by atoms with E-state index in [1.165, 1.54) is 0 Å². The second-order valence-corrected chi connectivity index (χ2v) is 7.07. The summed E-state index contributed by atoms with van der Waals surface area (Å²) >= 11 is 0. The number of nitrogens with one attached hydrogen (secondary N) is 2. The number of pyridine rings is 1. The molecule has 1 saturated carbocycles. The van der Waals surface area contributed by atoms with E-state index in [4.69, 9.17) is 0 Å². The summed E-state index contributed by atoms with van der Waals surface area (Å²) in [5.41, 5.74) is 2.83. The number of carbonyl (C=O) groups excluding carboxylic acids is 1. The molecule has 2 heterocycles. The highest BCUT2D eigenvalue weighted by Gasteiger charge is 2.36. The molecule has 2 aliphatic rings. The fourth-order valence-electron chi connectivity index (χ4n) is 3.50. The normalized spacial score (nSPS) is 17.6. The lowest BCUT2D eigenvalue weighted by molar-refractivity contribution is 0.0927. The molecule has 0 saturated heterocycles. The van der Waals surface area contributed by atoms with Gasteiger partial charge in [-0.05, 0) is 69.1 Å². The number of aromatic amines is 1. The van der Waals surface area contributed by atoms with Gasteiger partial charge in [-0.1, -0.05) is 0 Å². The molecule has 0 aromatic carbocycles. The zero-order chi connectivity index (χ0) is 17.4. The van der Waals surface area contributed by atoms with E-state index in [2.05, 4.69) is 20.3 Å². The van der Waals surface area contributed by atoms with Gasteiger partial charge in [0.15, 0.2) is 5.82 Å². The van der Waals surface area contributed by atoms with Gasteiger partial charge in [0, 0.05) is 17.6 Å². The quantitative estimate of drug-likeness (QED) is 0.895. The molecule has 2 N–H and O–H groups in total. The standard InChI is InChI=1S/C19H22N4O2/c1-11-8-9-20-17(21-11)16(12-6-7-12)23-19(25)14-10-13-4-2-3-5-15(13)22-18(14)24/h8-10,12,16H,2-7H2,1H3,(H,22,24)(H,23,25)/t16-/m1/s1. The van der Waals surface area contributed by atoms with E-state index >= 15 is 0 Å². The van der Waals surface area contributed by atoms with E-state index in [1.54, 1.807) is 12.3 Å². The van der Waals surface area contributed by atoms with Crippen LogP contribution in [0.25, 0.3) is 0 Å². The molecule has 1 fully saturated rings. The topological polar surface area (TPSA) is 87.7 Å². The molecule has 2 aromatic rings. The minimum Gasteiger partial charge on any atom is -0.342 e. The molecule has 2 aliphatic carbocycles. The van der Waals surface area contributed by atoms with Crippen LogP contribution in [-0.2, 0) is 12.8 Å². The summed E-state index contributed by atoms with van der Waals surface area (Å²) < 4.78 is 0. The van der Waals surface area contributed by atoms with Crippen molar-refractivity contribution in [3.8, 4) is 0 Å². The van der Waals surface area contributed by atoms with Gasteiger partial charge in [0.05, 0.1) is 6.04 Å². The van der Waals surface area contributed by atoms with Crippen molar-refractivity contribution in [1.82, 2.24) is 20.3 Å². The molecule has 25 heavy (non-hydrogen) atoms. The molecular formula is C19H22N4O2. The highest BCUT2D eigenvalue weighted by atomic mass is 16.2. The van der Waals surface area contributed by atoms with Crippen LogP contribution in [0.4, 0.5) is 0 Å². The Morgan fingerprint density at radius 2 is 2.12 bits per heavy atom. The zero-order valence-electron chi connectivity index (χ0n) is 14.3. The maximum absolute atomic E-state index is 12.8. The molecule has 1 atom stereocenters. The van der Waals surface area contributed by atoms with E-state index < -0.39 is 0 Å². The third-order valence-corrected chi connectivity index (χ3v) is 5.05. The van der Waals surface area contributed by atoms with E-state index in [0.717, 1.165) is 55.5 Å². The molecule has 0 radical (unpaired) electrons. The van der Waals surface area contributed by atoms with Crippen LogP contribution in [0.2, 0.25) is 0 Å². The van der Waals surface area contributed by atoms with E-state index in [1.807, 2.05) is 13.0 Å². The molecule has 0 spiro atoms. The van der Waals surface area contributed by atoms with E-state index in [-0.39, 0.29) is 23.1 Å². The van der Waals surface area contributed by atoms with Gasteiger partial charge in [0.2, 0.25) is 0 Å². The van der Waals surface area contributed by atoms with Gasteiger partial charge < -0.3 is 10.3 Å². The van der Waals surface area contributed by atoms with Gasteiger partial charge >= 0.3 is 0 Å². The third kappa shape index (κ3) is 3.34. The van der Waals surface area contributed by atoms with Crippen molar-refractivity contribution in [3.05, 3.63) is 57.0 Å². The Balaban J connectivity index is 1.61. The van der Waals surface area contributed by atoms with E-state index in [0.29, 0.717) is 11.7 Å². The summed E-state index contributed by atoms with van der Waals surface area (Å²) in [6.45, 7) is 1.91. The highest BCUT2D eigenvalue weighted by Crippen LogP contribution is 2.40. The van der Waals surface area contributed by atoms with Crippen LogP contribution in [0.5, 0.6) is 0 Å². The number of amides is 1. The Morgan fingerprint density at radius 3 is 2.88 bits per heavy atom. The van der Waals surface area contributed by atoms with Crippen LogP contribution >= 0.6 is 0 Å². The van der Waals surface area contributed by atoms with Crippen LogP contribution in [0.1, 0.15) is 64.9 Å². The molecule has 6 nitrogen and oxygen atoms in total. The van der Waals surface area contributed by atoms with Gasteiger partial charge in [0.25, 0.3) is 11.5 Å². The Kier molecular flexibility index (Phi) is 4.11. The molecule has 0 bridgehead atoms. The maximum atomic E-state index is 12.8. The summed E-state index contributed by atoms with van der Waals surface area (Å²) in [6, 6.07) is 3.37. The van der Waals surface area contributed by atoms with Gasteiger partial charge in [0.1, 0.15) is 5.56 Å². The molecule has 0 aliphatic heterocycles. The molecule has 130 valence electrons. The van der Waals surface area contributed by atoms with Crippen molar-refractivity contribution in [3.63, 3.8) is 0 Å². The lowest BCUT2D eigenvalue weighted by Gasteiger charge is -2.19. The molecule has 6 heteroatoms. The lowest BCUT2D eigenvalue weighted by atomic mass is 9.95. The lowest BCUT2D eigenvalue weighted by Crippen LogP contribution is -2.35. The first-order valence-corrected chi connectivity index (χ1v) is 8.97. The summed E-state index contributed by atoms with van der Waals surface area (Å²) in [7, 11) is 0. The number of aryl methyl sites for hydroxylation is 3. The number of hydrogen-bond acceptors (Lipinski definition) is 4. The first kappa shape index (κ1) is 16.0. The zero-order valence-corrected chi connectivity index (χ0v) is 14.3. The molecule has 4 rings (SSSR count). The second-order valence-electron chi connectivity index (χ2n) is 7.07. The molecule has 0 unspecified atom stereocenters. The monoisotopic (exact) mass is 338 g/mol.